The van der Waals surface area contributed by atoms with Gasteiger partial charge in [0.2, 0.25) is 10.0 Å². The molecule has 1 aliphatic rings. The molecule has 0 aliphatic carbocycles. The molecule has 1 fully saturated rings. The van der Waals surface area contributed by atoms with E-state index in [2.05, 4.69) is 10.1 Å². The fourth-order valence-corrected chi connectivity index (χ4v) is 4.49. The van der Waals surface area contributed by atoms with Crippen LogP contribution in [0.5, 0.6) is 11.5 Å². The van der Waals surface area contributed by atoms with Crippen LogP contribution in [0.2, 0.25) is 0 Å². The van der Waals surface area contributed by atoms with Crippen molar-refractivity contribution < 1.29 is 31.4 Å². The summed E-state index contributed by atoms with van der Waals surface area (Å²) in [4.78, 5) is 0.247. The SMILES string of the molecule is COc1ccc(CNCc2ccc(S(=O)(=O)N3CCOCC3)cc2)cc1OC(F)F. The monoisotopic (exact) mass is 442 g/mol. The van der Waals surface area contributed by atoms with Crippen molar-refractivity contribution in [2.75, 3.05) is 33.4 Å². The highest BCUT2D eigenvalue weighted by Crippen LogP contribution is 2.29. The van der Waals surface area contributed by atoms with Crippen LogP contribution in [0.15, 0.2) is 47.4 Å². The van der Waals surface area contributed by atoms with Crippen LogP contribution in [-0.2, 0) is 27.8 Å². The van der Waals surface area contributed by atoms with E-state index in [0.717, 1.165) is 11.1 Å². The standard InChI is InChI=1S/C20H24F2N2O5S/c1-27-18-7-4-16(12-19(18)29-20(21)22)14-23-13-15-2-5-17(6-3-15)30(25,26)24-8-10-28-11-9-24/h2-7,12,20,23H,8-11,13-14H2,1H3. The van der Waals surface area contributed by atoms with E-state index in [1.165, 1.54) is 17.5 Å². The first kappa shape index (κ1) is 22.4. The van der Waals surface area contributed by atoms with Gasteiger partial charge in [0, 0.05) is 26.2 Å². The Morgan fingerprint density at radius 1 is 1.03 bits per heavy atom. The number of hydrogen-bond acceptors (Lipinski definition) is 6. The molecular weight excluding hydrogens is 418 g/mol. The lowest BCUT2D eigenvalue weighted by atomic mass is 10.2. The molecule has 0 aromatic heterocycles. The van der Waals surface area contributed by atoms with Crippen LogP contribution in [-0.4, -0.2) is 52.7 Å². The molecule has 7 nitrogen and oxygen atoms in total. The summed E-state index contributed by atoms with van der Waals surface area (Å²) in [7, 11) is -2.13. The van der Waals surface area contributed by atoms with Crippen molar-refractivity contribution >= 4 is 10.0 Å². The molecule has 30 heavy (non-hydrogen) atoms. The number of alkyl halides is 2. The normalized spacial score (nSPS) is 15.3. The van der Waals surface area contributed by atoms with Crippen molar-refractivity contribution in [1.82, 2.24) is 9.62 Å². The Balaban J connectivity index is 1.58. The predicted octanol–water partition coefficient (Wildman–Crippen LogP) is 2.61. The maximum Gasteiger partial charge on any atom is 0.387 e. The molecule has 1 heterocycles. The molecule has 0 saturated carbocycles. The van der Waals surface area contributed by atoms with Gasteiger partial charge in [0.15, 0.2) is 11.5 Å². The molecule has 2 aromatic carbocycles. The highest BCUT2D eigenvalue weighted by molar-refractivity contribution is 7.89. The van der Waals surface area contributed by atoms with Crippen molar-refractivity contribution in [2.24, 2.45) is 0 Å². The molecule has 0 spiro atoms. The molecule has 0 atom stereocenters. The summed E-state index contributed by atoms with van der Waals surface area (Å²) in [6, 6.07) is 11.5. The highest BCUT2D eigenvalue weighted by Gasteiger charge is 2.26. The number of halogens is 2. The van der Waals surface area contributed by atoms with E-state index in [1.54, 1.807) is 36.4 Å². The summed E-state index contributed by atoms with van der Waals surface area (Å²) in [5.41, 5.74) is 1.64. The number of nitrogens with one attached hydrogen (secondary N) is 1. The molecule has 164 valence electrons. The first-order valence-electron chi connectivity index (χ1n) is 9.39. The Kier molecular flexibility index (Phi) is 7.59. The van der Waals surface area contributed by atoms with Gasteiger partial charge in [0.25, 0.3) is 0 Å². The van der Waals surface area contributed by atoms with Gasteiger partial charge >= 0.3 is 6.61 Å². The van der Waals surface area contributed by atoms with E-state index in [1.807, 2.05) is 0 Å². The fourth-order valence-electron chi connectivity index (χ4n) is 3.09. The van der Waals surface area contributed by atoms with Crippen LogP contribution < -0.4 is 14.8 Å². The van der Waals surface area contributed by atoms with Gasteiger partial charge in [0.05, 0.1) is 25.2 Å². The van der Waals surface area contributed by atoms with Crippen molar-refractivity contribution in [2.45, 2.75) is 24.6 Å². The second-order valence-electron chi connectivity index (χ2n) is 6.63. The fraction of sp³-hybridized carbons (Fsp3) is 0.400. The van der Waals surface area contributed by atoms with E-state index in [-0.39, 0.29) is 16.4 Å². The van der Waals surface area contributed by atoms with E-state index >= 15 is 0 Å². The third-order valence-electron chi connectivity index (χ3n) is 4.63. The van der Waals surface area contributed by atoms with Gasteiger partial charge in [-0.1, -0.05) is 18.2 Å². The molecular formula is C20H24F2N2O5S. The predicted molar refractivity (Wildman–Crippen MR) is 106 cm³/mol. The van der Waals surface area contributed by atoms with Crippen LogP contribution in [0.4, 0.5) is 8.78 Å². The number of ether oxygens (including phenoxy) is 3. The number of hydrogen-bond donors (Lipinski definition) is 1. The third kappa shape index (κ3) is 5.66. The largest absolute Gasteiger partial charge is 0.493 e. The Bertz CT molecular complexity index is 933. The Morgan fingerprint density at radius 3 is 2.30 bits per heavy atom. The first-order valence-corrected chi connectivity index (χ1v) is 10.8. The lowest BCUT2D eigenvalue weighted by Crippen LogP contribution is -2.40. The van der Waals surface area contributed by atoms with Gasteiger partial charge in [-0.3, -0.25) is 0 Å². The summed E-state index contributed by atoms with van der Waals surface area (Å²) in [5, 5.41) is 3.20. The Hall–Kier alpha value is -2.27. The maximum atomic E-state index is 12.6. The van der Waals surface area contributed by atoms with Gasteiger partial charge in [-0.05, 0) is 35.4 Å². The first-order chi connectivity index (χ1) is 14.4. The van der Waals surface area contributed by atoms with Gasteiger partial charge in [-0.25, -0.2) is 8.42 Å². The quantitative estimate of drug-likeness (QED) is 0.643. The summed E-state index contributed by atoms with van der Waals surface area (Å²) >= 11 is 0. The summed E-state index contributed by atoms with van der Waals surface area (Å²) in [5.74, 6) is 0.209. The molecule has 10 heteroatoms. The zero-order valence-corrected chi connectivity index (χ0v) is 17.3. The number of sulfonamides is 1. The molecule has 0 radical (unpaired) electrons. The minimum absolute atomic E-state index is 0.0236. The van der Waals surface area contributed by atoms with Crippen LogP contribution in [0, 0.1) is 0 Å². The van der Waals surface area contributed by atoms with Crippen LogP contribution in [0.1, 0.15) is 11.1 Å². The molecule has 0 bridgehead atoms. The number of benzene rings is 2. The van der Waals surface area contributed by atoms with Gasteiger partial charge in [-0.2, -0.15) is 13.1 Å². The zero-order valence-electron chi connectivity index (χ0n) is 16.5. The minimum Gasteiger partial charge on any atom is -0.493 e. The average Bonchev–Trinajstić information content (AvgIpc) is 2.74. The van der Waals surface area contributed by atoms with E-state index in [4.69, 9.17) is 9.47 Å². The van der Waals surface area contributed by atoms with Gasteiger partial charge in [0.1, 0.15) is 0 Å². The van der Waals surface area contributed by atoms with Crippen LogP contribution in [0.25, 0.3) is 0 Å². The average molecular weight is 442 g/mol. The summed E-state index contributed by atoms with van der Waals surface area (Å²) in [6.45, 7) is -0.538. The van der Waals surface area contributed by atoms with E-state index < -0.39 is 16.6 Å². The van der Waals surface area contributed by atoms with Crippen LogP contribution in [0.3, 0.4) is 0 Å². The lowest BCUT2D eigenvalue weighted by Gasteiger charge is -2.26. The molecule has 3 rings (SSSR count). The number of nitrogens with zero attached hydrogens (tertiary/aromatic N) is 1. The molecule has 0 amide bonds. The Morgan fingerprint density at radius 2 is 1.67 bits per heavy atom. The molecule has 1 saturated heterocycles. The Labute approximate surface area is 174 Å². The molecule has 1 aliphatic heterocycles. The molecule has 0 unspecified atom stereocenters. The van der Waals surface area contributed by atoms with Gasteiger partial charge < -0.3 is 19.5 Å². The van der Waals surface area contributed by atoms with E-state index in [9.17, 15) is 17.2 Å². The number of methoxy groups -OCH3 is 1. The van der Waals surface area contributed by atoms with E-state index in [0.29, 0.717) is 39.4 Å². The zero-order chi connectivity index (χ0) is 21.6. The van der Waals surface area contributed by atoms with Crippen molar-refractivity contribution in [1.29, 1.82) is 0 Å². The van der Waals surface area contributed by atoms with Crippen molar-refractivity contribution in [3.63, 3.8) is 0 Å². The second kappa shape index (κ2) is 10.2. The lowest BCUT2D eigenvalue weighted by molar-refractivity contribution is -0.0512. The topological polar surface area (TPSA) is 77.1 Å². The third-order valence-corrected chi connectivity index (χ3v) is 6.55. The second-order valence-corrected chi connectivity index (χ2v) is 8.57. The molecule has 1 N–H and O–H groups in total. The smallest absolute Gasteiger partial charge is 0.387 e. The highest BCUT2D eigenvalue weighted by atomic mass is 32.2. The number of rotatable bonds is 9. The molecule has 2 aromatic rings. The summed E-state index contributed by atoms with van der Waals surface area (Å²) in [6.07, 6.45) is 0. The summed E-state index contributed by atoms with van der Waals surface area (Å²) < 4.78 is 66.5. The van der Waals surface area contributed by atoms with Gasteiger partial charge in [-0.15, -0.1) is 0 Å². The van der Waals surface area contributed by atoms with Crippen molar-refractivity contribution in [3.8, 4) is 11.5 Å². The van der Waals surface area contributed by atoms with Crippen molar-refractivity contribution in [3.05, 3.63) is 53.6 Å². The maximum absolute atomic E-state index is 12.6. The minimum atomic E-state index is -3.52. The van der Waals surface area contributed by atoms with Crippen LogP contribution >= 0.6 is 0 Å². The number of morpholine rings is 1.